The van der Waals surface area contributed by atoms with Crippen molar-refractivity contribution in [3.8, 4) is 5.75 Å². The van der Waals surface area contributed by atoms with Crippen molar-refractivity contribution in [2.24, 2.45) is 0 Å². The average Bonchev–Trinajstić information content (AvgIpc) is 3.00. The first-order chi connectivity index (χ1) is 13.1. The minimum absolute atomic E-state index is 0.397. The first kappa shape index (κ1) is 16.6. The van der Waals surface area contributed by atoms with Crippen molar-refractivity contribution < 1.29 is 9.15 Å². The zero-order valence-electron chi connectivity index (χ0n) is 14.8. The maximum atomic E-state index is 12.2. The molecule has 4 aromatic rings. The molecule has 2 N–H and O–H groups in total. The summed E-state index contributed by atoms with van der Waals surface area (Å²) >= 11 is 0. The van der Waals surface area contributed by atoms with E-state index in [0.29, 0.717) is 22.9 Å². The molecule has 2 aromatic heterocycles. The summed E-state index contributed by atoms with van der Waals surface area (Å²) < 4.78 is 11.7. The summed E-state index contributed by atoms with van der Waals surface area (Å²) in [6, 6.07) is 14.6. The fourth-order valence-electron chi connectivity index (χ4n) is 2.60. The number of benzene rings is 2. The molecule has 0 aliphatic heterocycles. The van der Waals surface area contributed by atoms with Gasteiger partial charge in [-0.3, -0.25) is 5.43 Å². The highest BCUT2D eigenvalue weighted by molar-refractivity contribution is 5.73. The van der Waals surface area contributed by atoms with Gasteiger partial charge in [-0.15, -0.1) is 0 Å². The van der Waals surface area contributed by atoms with Gasteiger partial charge in [-0.05, 0) is 43.3 Å². The van der Waals surface area contributed by atoms with Crippen LogP contribution in [0.25, 0.3) is 11.1 Å². The van der Waals surface area contributed by atoms with Gasteiger partial charge in [0.15, 0.2) is 11.4 Å². The number of rotatable bonds is 5. The zero-order valence-corrected chi connectivity index (χ0v) is 14.8. The molecule has 0 spiro atoms. The van der Waals surface area contributed by atoms with E-state index in [9.17, 15) is 4.79 Å². The fraction of sp³-hybridized carbons (Fsp3) is 0.105. The van der Waals surface area contributed by atoms with E-state index in [2.05, 4.69) is 20.7 Å². The lowest BCUT2D eigenvalue weighted by atomic mass is 10.3. The number of nitrogens with one attached hydrogen (secondary N) is 2. The van der Waals surface area contributed by atoms with E-state index in [1.165, 1.54) is 4.68 Å². The van der Waals surface area contributed by atoms with Crippen molar-refractivity contribution in [2.75, 3.05) is 17.9 Å². The highest BCUT2D eigenvalue weighted by Gasteiger charge is 2.11. The summed E-state index contributed by atoms with van der Waals surface area (Å²) in [5.41, 5.74) is 5.74. The molecule has 0 atom stereocenters. The van der Waals surface area contributed by atoms with Crippen LogP contribution >= 0.6 is 0 Å². The van der Waals surface area contributed by atoms with Crippen LogP contribution in [0.3, 0.4) is 0 Å². The number of ether oxygens (including phenoxy) is 1. The van der Waals surface area contributed by atoms with Gasteiger partial charge < -0.3 is 14.5 Å². The summed E-state index contributed by atoms with van der Waals surface area (Å²) in [4.78, 5) is 20.9. The fourth-order valence-corrected chi connectivity index (χ4v) is 2.60. The number of para-hydroxylation sites is 2. The topological polar surface area (TPSA) is 94.2 Å². The van der Waals surface area contributed by atoms with E-state index < -0.39 is 5.76 Å². The number of aromatic nitrogens is 3. The van der Waals surface area contributed by atoms with Gasteiger partial charge in [0.2, 0.25) is 5.95 Å². The van der Waals surface area contributed by atoms with Crippen LogP contribution in [0.5, 0.6) is 5.75 Å². The Bertz CT molecular complexity index is 1150. The second-order valence-electron chi connectivity index (χ2n) is 5.86. The van der Waals surface area contributed by atoms with Crippen molar-refractivity contribution in [3.63, 3.8) is 0 Å². The van der Waals surface area contributed by atoms with Gasteiger partial charge in [0.05, 0.1) is 7.11 Å². The van der Waals surface area contributed by atoms with Gasteiger partial charge in [0.1, 0.15) is 11.3 Å². The van der Waals surface area contributed by atoms with Crippen LogP contribution in [0.1, 0.15) is 5.56 Å². The van der Waals surface area contributed by atoms with Crippen molar-refractivity contribution in [3.05, 3.63) is 70.8 Å². The van der Waals surface area contributed by atoms with Gasteiger partial charge in [-0.25, -0.2) is 9.78 Å². The number of methoxy groups -OCH3 is 1. The molecule has 0 saturated carbocycles. The largest absolute Gasteiger partial charge is 0.497 e. The van der Waals surface area contributed by atoms with E-state index in [0.717, 1.165) is 17.0 Å². The van der Waals surface area contributed by atoms with Crippen molar-refractivity contribution >= 4 is 28.6 Å². The molecule has 2 heterocycles. The molecule has 0 aliphatic rings. The zero-order chi connectivity index (χ0) is 18.8. The normalized spacial score (nSPS) is 10.7. The summed E-state index contributed by atoms with van der Waals surface area (Å²) in [5, 5.41) is 3.13. The number of aryl methyl sites for hydroxylation is 1. The van der Waals surface area contributed by atoms with Crippen molar-refractivity contribution in [1.82, 2.24) is 14.6 Å². The molecule has 4 rings (SSSR count). The smallest absolute Gasteiger partial charge is 0.439 e. The van der Waals surface area contributed by atoms with E-state index in [4.69, 9.17) is 9.15 Å². The lowest BCUT2D eigenvalue weighted by Crippen LogP contribution is -2.23. The number of hydrogen-bond donors (Lipinski definition) is 2. The molecule has 0 amide bonds. The lowest BCUT2D eigenvalue weighted by Gasteiger charge is -2.11. The Hall–Kier alpha value is -3.81. The maximum Gasteiger partial charge on any atom is 0.439 e. The molecule has 8 heteroatoms. The number of nitrogens with zero attached hydrogens (tertiary/aromatic N) is 3. The molecule has 0 aliphatic carbocycles. The standard InChI is InChI=1S/C19H17N5O3/c1-12-11-20-18(21-13-7-9-14(26-2)10-8-13)22-17(12)23-24-15-5-3-4-6-16(15)27-19(24)25/h3-11H,1-2H3,(H2,20,21,22,23). The highest BCUT2D eigenvalue weighted by Crippen LogP contribution is 2.20. The molecule has 0 fully saturated rings. The van der Waals surface area contributed by atoms with Crippen LogP contribution in [0.2, 0.25) is 0 Å². The van der Waals surface area contributed by atoms with Crippen LogP contribution in [0.4, 0.5) is 17.5 Å². The number of hydrogen-bond acceptors (Lipinski definition) is 7. The highest BCUT2D eigenvalue weighted by atomic mass is 16.5. The molecule has 0 radical (unpaired) electrons. The summed E-state index contributed by atoms with van der Waals surface area (Å²) in [6.45, 7) is 1.85. The van der Waals surface area contributed by atoms with E-state index in [1.54, 1.807) is 25.4 Å². The molecule has 136 valence electrons. The molecule has 0 saturated heterocycles. The summed E-state index contributed by atoms with van der Waals surface area (Å²) in [7, 11) is 1.62. The Morgan fingerprint density at radius 1 is 1.11 bits per heavy atom. The Balaban J connectivity index is 1.64. The first-order valence-corrected chi connectivity index (χ1v) is 8.26. The van der Waals surface area contributed by atoms with Crippen LogP contribution in [0, 0.1) is 6.92 Å². The summed E-state index contributed by atoms with van der Waals surface area (Å²) in [6.07, 6.45) is 1.68. The monoisotopic (exact) mass is 363 g/mol. The van der Waals surface area contributed by atoms with E-state index in [-0.39, 0.29) is 0 Å². The van der Waals surface area contributed by atoms with Crippen molar-refractivity contribution in [1.29, 1.82) is 0 Å². The second-order valence-corrected chi connectivity index (χ2v) is 5.86. The van der Waals surface area contributed by atoms with Gasteiger partial charge >= 0.3 is 5.76 Å². The molecule has 0 bridgehead atoms. The number of oxazole rings is 1. The Kier molecular flexibility index (Phi) is 4.21. The predicted octanol–water partition coefficient (Wildman–Crippen LogP) is 3.32. The lowest BCUT2D eigenvalue weighted by molar-refractivity contribution is 0.415. The number of fused-ring (bicyclic) bond motifs is 1. The molecule has 0 unspecified atom stereocenters. The van der Waals surface area contributed by atoms with Gasteiger partial charge in [0, 0.05) is 17.4 Å². The van der Waals surface area contributed by atoms with Crippen LogP contribution in [-0.4, -0.2) is 21.8 Å². The molecule has 27 heavy (non-hydrogen) atoms. The first-order valence-electron chi connectivity index (χ1n) is 8.26. The minimum atomic E-state index is -0.515. The molecule has 8 nitrogen and oxygen atoms in total. The number of anilines is 3. The molecular weight excluding hydrogens is 346 g/mol. The summed E-state index contributed by atoms with van der Waals surface area (Å²) in [5.74, 6) is 1.14. The molecule has 2 aromatic carbocycles. The predicted molar refractivity (Wildman–Crippen MR) is 103 cm³/mol. The van der Waals surface area contributed by atoms with E-state index in [1.807, 2.05) is 43.3 Å². The third-order valence-corrected chi connectivity index (χ3v) is 4.02. The van der Waals surface area contributed by atoms with Crippen LogP contribution in [0.15, 0.2) is 63.9 Å². The minimum Gasteiger partial charge on any atom is -0.497 e. The SMILES string of the molecule is COc1ccc(Nc2ncc(C)c(Nn3c(=O)oc4ccccc43)n2)cc1. The van der Waals surface area contributed by atoms with Gasteiger partial charge in [-0.1, -0.05) is 12.1 Å². The van der Waals surface area contributed by atoms with E-state index >= 15 is 0 Å². The third-order valence-electron chi connectivity index (χ3n) is 4.02. The quantitative estimate of drug-likeness (QED) is 0.562. The maximum absolute atomic E-state index is 12.2. The Morgan fingerprint density at radius 2 is 1.89 bits per heavy atom. The Morgan fingerprint density at radius 3 is 2.67 bits per heavy atom. The van der Waals surface area contributed by atoms with Crippen LogP contribution in [-0.2, 0) is 0 Å². The van der Waals surface area contributed by atoms with Crippen LogP contribution < -0.4 is 21.2 Å². The van der Waals surface area contributed by atoms with Crippen molar-refractivity contribution in [2.45, 2.75) is 6.92 Å². The van der Waals surface area contributed by atoms with Gasteiger partial charge in [-0.2, -0.15) is 9.66 Å². The second kappa shape index (κ2) is 6.83. The Labute approximate surface area is 154 Å². The third kappa shape index (κ3) is 3.32. The molecular formula is C19H17N5O3. The average molecular weight is 363 g/mol. The van der Waals surface area contributed by atoms with Gasteiger partial charge in [0.25, 0.3) is 0 Å².